The number of hydrogen-bond acceptors (Lipinski definition) is 5. The van der Waals surface area contributed by atoms with E-state index < -0.39 is 23.3 Å². The van der Waals surface area contributed by atoms with Gasteiger partial charge in [-0.2, -0.15) is 0 Å². The molecule has 3 aromatic rings. The molecule has 0 bridgehead atoms. The third-order valence-corrected chi connectivity index (χ3v) is 5.01. The van der Waals surface area contributed by atoms with Gasteiger partial charge in [0.1, 0.15) is 17.9 Å². The molecule has 0 aliphatic carbocycles. The Morgan fingerprint density at radius 2 is 1.96 bits per heavy atom. The molecule has 2 heterocycles. The Bertz CT molecular complexity index is 1090. The normalized spacial score (nSPS) is 19.2. The molecule has 1 aliphatic rings. The van der Waals surface area contributed by atoms with Gasteiger partial charge >= 0.3 is 6.03 Å². The van der Waals surface area contributed by atoms with Crippen molar-refractivity contribution in [1.82, 2.24) is 20.4 Å². The second kappa shape index (κ2) is 6.83. The molecule has 0 saturated carbocycles. The number of benzene rings is 2. The Morgan fingerprint density at radius 1 is 1.18 bits per heavy atom. The van der Waals surface area contributed by atoms with E-state index in [1.807, 2.05) is 12.1 Å². The van der Waals surface area contributed by atoms with Gasteiger partial charge in [0, 0.05) is 15.6 Å². The van der Waals surface area contributed by atoms with Crippen molar-refractivity contribution in [3.05, 3.63) is 70.3 Å². The number of carbonyl (C=O) groups excluding carboxylic acids is 2. The number of halogens is 2. The first-order valence-electron chi connectivity index (χ1n) is 8.36. The fraction of sp³-hybridized carbons (Fsp3) is 0.158. The zero-order valence-electron chi connectivity index (χ0n) is 14.6. The lowest BCUT2D eigenvalue weighted by Crippen LogP contribution is -2.41. The monoisotopic (exact) mass is 444 g/mol. The van der Waals surface area contributed by atoms with E-state index in [1.165, 1.54) is 25.1 Å². The Morgan fingerprint density at radius 3 is 2.71 bits per heavy atom. The van der Waals surface area contributed by atoms with E-state index in [4.69, 9.17) is 4.42 Å². The molecule has 1 N–H and O–H groups in total. The minimum atomic E-state index is -1.50. The lowest BCUT2D eigenvalue weighted by Gasteiger charge is -2.22. The average Bonchev–Trinajstić information content (AvgIpc) is 3.22. The maximum Gasteiger partial charge on any atom is 0.325 e. The van der Waals surface area contributed by atoms with Gasteiger partial charge in [0.15, 0.2) is 0 Å². The summed E-state index contributed by atoms with van der Waals surface area (Å²) in [4.78, 5) is 26.2. The van der Waals surface area contributed by atoms with E-state index in [0.717, 1.165) is 9.37 Å². The number of nitrogens with one attached hydrogen (secondary N) is 1. The van der Waals surface area contributed by atoms with Gasteiger partial charge in [0.05, 0.1) is 0 Å². The Hall–Kier alpha value is -3.07. The molecule has 0 radical (unpaired) electrons. The number of imide groups is 1. The zero-order valence-corrected chi connectivity index (χ0v) is 16.2. The minimum absolute atomic E-state index is 0.0937. The van der Waals surface area contributed by atoms with Crippen molar-refractivity contribution >= 4 is 27.9 Å². The number of carbonyl (C=O) groups is 2. The van der Waals surface area contributed by atoms with Crippen LogP contribution in [0.5, 0.6) is 0 Å². The Balaban J connectivity index is 1.59. The molecule has 1 aliphatic heterocycles. The van der Waals surface area contributed by atoms with Crippen LogP contribution in [0.2, 0.25) is 0 Å². The topological polar surface area (TPSA) is 88.3 Å². The van der Waals surface area contributed by atoms with E-state index >= 15 is 0 Å². The van der Waals surface area contributed by atoms with Crippen LogP contribution in [-0.4, -0.2) is 27.0 Å². The maximum absolute atomic E-state index is 14.2. The summed E-state index contributed by atoms with van der Waals surface area (Å²) in [6, 6.07) is 12.5. The highest BCUT2D eigenvalue weighted by molar-refractivity contribution is 9.10. The molecule has 2 aromatic carbocycles. The molecule has 3 amide bonds. The third-order valence-electron chi connectivity index (χ3n) is 4.52. The van der Waals surface area contributed by atoms with Crippen LogP contribution in [0.25, 0.3) is 11.5 Å². The van der Waals surface area contributed by atoms with Crippen LogP contribution in [0.1, 0.15) is 18.4 Å². The highest BCUT2D eigenvalue weighted by atomic mass is 79.9. The van der Waals surface area contributed by atoms with E-state index in [0.29, 0.717) is 5.56 Å². The van der Waals surface area contributed by atoms with Gasteiger partial charge in [-0.15, -0.1) is 10.2 Å². The summed E-state index contributed by atoms with van der Waals surface area (Å²) >= 11 is 3.37. The van der Waals surface area contributed by atoms with E-state index in [1.54, 1.807) is 18.2 Å². The first-order chi connectivity index (χ1) is 13.4. The maximum atomic E-state index is 14.2. The van der Waals surface area contributed by atoms with E-state index in [-0.39, 0.29) is 23.9 Å². The summed E-state index contributed by atoms with van der Waals surface area (Å²) in [5.41, 5.74) is -0.715. The van der Waals surface area contributed by atoms with Crippen LogP contribution in [0.15, 0.2) is 57.4 Å². The smallest absolute Gasteiger partial charge is 0.325 e. The molecule has 0 spiro atoms. The molecule has 1 saturated heterocycles. The number of amides is 3. The predicted molar refractivity (Wildman–Crippen MR) is 100 cm³/mol. The molecule has 7 nitrogen and oxygen atoms in total. The number of hydrogen-bond donors (Lipinski definition) is 1. The van der Waals surface area contributed by atoms with Gasteiger partial charge in [-0.1, -0.05) is 40.2 Å². The molecule has 9 heteroatoms. The second-order valence-corrected chi connectivity index (χ2v) is 7.35. The van der Waals surface area contributed by atoms with Crippen molar-refractivity contribution in [2.75, 3.05) is 0 Å². The summed E-state index contributed by atoms with van der Waals surface area (Å²) < 4.78 is 20.6. The van der Waals surface area contributed by atoms with Crippen LogP contribution < -0.4 is 5.32 Å². The van der Waals surface area contributed by atoms with Crippen molar-refractivity contribution in [2.24, 2.45) is 0 Å². The number of urea groups is 1. The fourth-order valence-corrected chi connectivity index (χ4v) is 3.48. The molecule has 1 unspecified atom stereocenters. The molecule has 28 heavy (non-hydrogen) atoms. The Kier molecular flexibility index (Phi) is 4.46. The number of nitrogens with zero attached hydrogens (tertiary/aromatic N) is 3. The van der Waals surface area contributed by atoms with Crippen molar-refractivity contribution in [3.8, 4) is 11.5 Å². The molecule has 4 rings (SSSR count). The molecular formula is C19H14BrFN4O3. The Labute approximate surface area is 167 Å². The van der Waals surface area contributed by atoms with Crippen molar-refractivity contribution < 1.29 is 18.4 Å². The summed E-state index contributed by atoms with van der Waals surface area (Å²) in [5, 5.41) is 10.4. The van der Waals surface area contributed by atoms with E-state index in [2.05, 4.69) is 31.4 Å². The molecule has 142 valence electrons. The number of aromatic nitrogens is 2. The molecule has 1 atom stereocenters. The summed E-state index contributed by atoms with van der Waals surface area (Å²) in [6.07, 6.45) is 0. The minimum Gasteiger partial charge on any atom is -0.419 e. The first-order valence-corrected chi connectivity index (χ1v) is 9.15. The summed E-state index contributed by atoms with van der Waals surface area (Å²) in [5.74, 6) is -0.809. The lowest BCUT2D eigenvalue weighted by molar-refractivity contribution is -0.131. The van der Waals surface area contributed by atoms with Gasteiger partial charge in [0.2, 0.25) is 11.8 Å². The lowest BCUT2D eigenvalue weighted by atomic mass is 9.91. The largest absolute Gasteiger partial charge is 0.419 e. The zero-order chi connectivity index (χ0) is 19.9. The summed E-state index contributed by atoms with van der Waals surface area (Å²) in [7, 11) is 0. The quantitative estimate of drug-likeness (QED) is 0.620. The molecule has 1 fully saturated rings. The highest BCUT2D eigenvalue weighted by Crippen LogP contribution is 2.31. The van der Waals surface area contributed by atoms with Crippen LogP contribution >= 0.6 is 15.9 Å². The SMILES string of the molecule is CC1(c2ccccc2F)NC(=O)N(Cc2nnc(-c3cccc(Br)c3)o2)C1=O. The summed E-state index contributed by atoms with van der Waals surface area (Å²) in [6.45, 7) is 1.25. The molecule has 1 aromatic heterocycles. The van der Waals surface area contributed by atoms with Crippen LogP contribution in [-0.2, 0) is 16.9 Å². The standard InChI is InChI=1S/C19H14BrFN4O3/c1-19(13-7-2-3-8-14(13)21)17(26)25(18(27)22-19)10-15-23-24-16(28-15)11-5-4-6-12(20)9-11/h2-9H,10H2,1H3,(H,22,27). The van der Waals surface area contributed by atoms with Gasteiger partial charge < -0.3 is 9.73 Å². The first kappa shape index (κ1) is 18.3. The molecular weight excluding hydrogens is 431 g/mol. The van der Waals surface area contributed by atoms with Crippen molar-refractivity contribution in [1.29, 1.82) is 0 Å². The fourth-order valence-electron chi connectivity index (χ4n) is 3.08. The number of rotatable bonds is 4. The van der Waals surface area contributed by atoms with Crippen molar-refractivity contribution in [3.63, 3.8) is 0 Å². The highest BCUT2D eigenvalue weighted by Gasteiger charge is 2.50. The van der Waals surface area contributed by atoms with Crippen LogP contribution in [0, 0.1) is 5.82 Å². The second-order valence-electron chi connectivity index (χ2n) is 6.44. The predicted octanol–water partition coefficient (Wildman–Crippen LogP) is 3.61. The van der Waals surface area contributed by atoms with Crippen LogP contribution in [0.3, 0.4) is 0 Å². The average molecular weight is 445 g/mol. The van der Waals surface area contributed by atoms with Gasteiger partial charge in [0.25, 0.3) is 5.91 Å². The van der Waals surface area contributed by atoms with Gasteiger partial charge in [-0.25, -0.2) is 9.18 Å². The van der Waals surface area contributed by atoms with Gasteiger partial charge in [-0.05, 0) is 31.2 Å². The van der Waals surface area contributed by atoms with Crippen LogP contribution in [0.4, 0.5) is 9.18 Å². The van der Waals surface area contributed by atoms with Gasteiger partial charge in [-0.3, -0.25) is 9.69 Å². The van der Waals surface area contributed by atoms with E-state index in [9.17, 15) is 14.0 Å². The van der Waals surface area contributed by atoms with Crippen molar-refractivity contribution in [2.45, 2.75) is 19.0 Å². The third kappa shape index (κ3) is 3.07.